The van der Waals surface area contributed by atoms with Gasteiger partial charge in [-0.25, -0.2) is 9.82 Å². The second-order valence-corrected chi connectivity index (χ2v) is 8.01. The number of piperazine rings is 1. The molecule has 4 atom stereocenters. The van der Waals surface area contributed by atoms with Crippen molar-refractivity contribution in [3.63, 3.8) is 0 Å². The minimum atomic E-state index is -0.284. The highest BCUT2D eigenvalue weighted by Gasteiger charge is 2.39. The zero-order valence-corrected chi connectivity index (χ0v) is 15.4. The van der Waals surface area contributed by atoms with Crippen molar-refractivity contribution in [2.24, 2.45) is 5.92 Å². The van der Waals surface area contributed by atoms with E-state index in [0.29, 0.717) is 5.92 Å². The quantitative estimate of drug-likeness (QED) is 0.694. The van der Waals surface area contributed by atoms with Gasteiger partial charge in [0.05, 0.1) is 12.1 Å². The smallest absolute Gasteiger partial charge is 0.123 e. The summed E-state index contributed by atoms with van der Waals surface area (Å²) in [7, 11) is 2.15. The van der Waals surface area contributed by atoms with E-state index in [9.17, 15) is 9.50 Å². The molecular formula is C19H30FN5O. The van der Waals surface area contributed by atoms with Crippen molar-refractivity contribution in [3.05, 3.63) is 35.6 Å². The Morgan fingerprint density at radius 3 is 2.77 bits per heavy atom. The highest BCUT2D eigenvalue weighted by atomic mass is 19.1. The van der Waals surface area contributed by atoms with Crippen LogP contribution in [0.5, 0.6) is 0 Å². The lowest BCUT2D eigenvalue weighted by atomic mass is 9.94. The van der Waals surface area contributed by atoms with Gasteiger partial charge in [0.15, 0.2) is 0 Å². The molecule has 3 aliphatic heterocycles. The summed E-state index contributed by atoms with van der Waals surface area (Å²) < 4.78 is 13.6. The van der Waals surface area contributed by atoms with E-state index in [-0.39, 0.29) is 24.0 Å². The van der Waals surface area contributed by atoms with Crippen molar-refractivity contribution in [2.75, 3.05) is 59.4 Å². The molecule has 1 aromatic carbocycles. The Hall–Kier alpha value is -1.09. The van der Waals surface area contributed by atoms with Crippen LogP contribution in [0.2, 0.25) is 0 Å². The van der Waals surface area contributed by atoms with Gasteiger partial charge in [0.25, 0.3) is 0 Å². The first-order valence-electron chi connectivity index (χ1n) is 9.67. The summed E-state index contributed by atoms with van der Waals surface area (Å²) >= 11 is 0. The van der Waals surface area contributed by atoms with Crippen molar-refractivity contribution in [3.8, 4) is 0 Å². The van der Waals surface area contributed by atoms with E-state index in [4.69, 9.17) is 0 Å². The summed E-state index contributed by atoms with van der Waals surface area (Å²) in [6.45, 7) is 7.60. The van der Waals surface area contributed by atoms with E-state index in [1.165, 1.54) is 6.07 Å². The Bertz CT molecular complexity index is 609. The zero-order chi connectivity index (χ0) is 18.1. The highest BCUT2D eigenvalue weighted by molar-refractivity contribution is 5.22. The number of aliphatic hydroxyl groups excluding tert-OH is 1. The average molecular weight is 363 g/mol. The Kier molecular flexibility index (Phi) is 5.54. The van der Waals surface area contributed by atoms with Gasteiger partial charge >= 0.3 is 0 Å². The molecular weight excluding hydrogens is 333 g/mol. The van der Waals surface area contributed by atoms with Gasteiger partial charge in [-0.3, -0.25) is 15.2 Å². The Morgan fingerprint density at radius 2 is 2.00 bits per heavy atom. The Labute approximate surface area is 154 Å². The fourth-order valence-electron chi connectivity index (χ4n) is 4.60. The van der Waals surface area contributed by atoms with Crippen molar-refractivity contribution < 1.29 is 9.50 Å². The number of nitrogens with one attached hydrogen (secondary N) is 2. The molecule has 0 aliphatic carbocycles. The van der Waals surface area contributed by atoms with E-state index in [1.54, 1.807) is 12.1 Å². The molecule has 0 radical (unpaired) electrons. The van der Waals surface area contributed by atoms with Crippen LogP contribution in [0.3, 0.4) is 0 Å². The maximum absolute atomic E-state index is 13.6. The van der Waals surface area contributed by atoms with Crippen molar-refractivity contribution in [2.45, 2.75) is 18.2 Å². The van der Waals surface area contributed by atoms with Gasteiger partial charge in [-0.15, -0.1) is 0 Å². The summed E-state index contributed by atoms with van der Waals surface area (Å²) in [6, 6.07) is 7.18. The standard InChI is InChI=1S/C19H30FN5O/c1-23-5-7-25(8-6-23)17-12-24(13-18(17)26)11-15-10-21-22-19(15)14-3-2-4-16(20)9-14/h2-4,9,15,17-19,21-22,26H,5-8,10-13H2,1H3/t15?,17-,18-,19?/m1/s1. The first-order chi connectivity index (χ1) is 12.6. The Balaban J connectivity index is 1.36. The summed E-state index contributed by atoms with van der Waals surface area (Å²) in [5, 5.41) is 10.6. The topological polar surface area (TPSA) is 54.0 Å². The number of likely N-dealkylation sites (N-methyl/N-ethyl adjacent to an activating group) is 1. The lowest BCUT2D eigenvalue weighted by Gasteiger charge is -2.37. The number of β-amino-alcohol motifs (C(OH)–C–C–N with tert-alkyl or cyclic N) is 1. The monoisotopic (exact) mass is 363 g/mol. The number of likely N-dealkylation sites (tertiary alicyclic amines) is 1. The molecule has 4 rings (SSSR count). The number of halogens is 1. The van der Waals surface area contributed by atoms with Crippen LogP contribution in [0.15, 0.2) is 24.3 Å². The summed E-state index contributed by atoms with van der Waals surface area (Å²) in [5.41, 5.74) is 7.50. The molecule has 6 nitrogen and oxygen atoms in total. The molecule has 3 aliphatic rings. The molecule has 3 heterocycles. The molecule has 0 aromatic heterocycles. The van der Waals surface area contributed by atoms with Gasteiger partial charge in [0, 0.05) is 64.3 Å². The minimum Gasteiger partial charge on any atom is -0.390 e. The predicted molar refractivity (Wildman–Crippen MR) is 99.1 cm³/mol. The number of hydrogen-bond acceptors (Lipinski definition) is 6. The van der Waals surface area contributed by atoms with Crippen molar-refractivity contribution >= 4 is 0 Å². The first kappa shape index (κ1) is 18.3. The van der Waals surface area contributed by atoms with Gasteiger partial charge in [-0.2, -0.15) is 0 Å². The van der Waals surface area contributed by atoms with Gasteiger partial charge in [0.2, 0.25) is 0 Å². The van der Waals surface area contributed by atoms with Gasteiger partial charge in [-0.05, 0) is 24.7 Å². The van der Waals surface area contributed by atoms with Crippen LogP contribution >= 0.6 is 0 Å². The van der Waals surface area contributed by atoms with E-state index in [0.717, 1.165) is 57.9 Å². The molecule has 2 unspecified atom stereocenters. The fourth-order valence-corrected chi connectivity index (χ4v) is 4.60. The predicted octanol–water partition coefficient (Wildman–Crippen LogP) is -0.117. The van der Waals surface area contributed by atoms with Crippen LogP contribution < -0.4 is 10.9 Å². The van der Waals surface area contributed by atoms with Crippen LogP contribution in [0, 0.1) is 11.7 Å². The number of aliphatic hydroxyl groups is 1. The molecule has 26 heavy (non-hydrogen) atoms. The van der Waals surface area contributed by atoms with Crippen LogP contribution in [0.1, 0.15) is 11.6 Å². The van der Waals surface area contributed by atoms with E-state index >= 15 is 0 Å². The molecule has 3 fully saturated rings. The van der Waals surface area contributed by atoms with Crippen LogP contribution in [-0.2, 0) is 0 Å². The molecule has 0 spiro atoms. The summed E-state index contributed by atoms with van der Waals surface area (Å²) in [5.74, 6) is 0.164. The lowest BCUT2D eigenvalue weighted by Crippen LogP contribution is -2.52. The lowest BCUT2D eigenvalue weighted by molar-refractivity contribution is 0.0512. The minimum absolute atomic E-state index is 0.102. The Morgan fingerprint density at radius 1 is 1.19 bits per heavy atom. The van der Waals surface area contributed by atoms with E-state index < -0.39 is 0 Å². The van der Waals surface area contributed by atoms with E-state index in [2.05, 4.69) is 32.6 Å². The van der Waals surface area contributed by atoms with Gasteiger partial charge in [0.1, 0.15) is 5.82 Å². The number of nitrogens with zero attached hydrogens (tertiary/aromatic N) is 3. The molecule has 0 bridgehead atoms. The molecule has 144 valence electrons. The molecule has 3 saturated heterocycles. The van der Waals surface area contributed by atoms with Gasteiger partial charge in [-0.1, -0.05) is 12.1 Å². The molecule has 0 amide bonds. The normalized spacial score (nSPS) is 34.6. The SMILES string of the molecule is CN1CCN([C@@H]2CN(CC3CNNC3c3cccc(F)c3)C[C@H]2O)CC1. The summed E-state index contributed by atoms with van der Waals surface area (Å²) in [4.78, 5) is 7.16. The maximum Gasteiger partial charge on any atom is 0.123 e. The van der Waals surface area contributed by atoms with Crippen molar-refractivity contribution in [1.82, 2.24) is 25.6 Å². The van der Waals surface area contributed by atoms with Crippen LogP contribution in [0.4, 0.5) is 4.39 Å². The van der Waals surface area contributed by atoms with Crippen LogP contribution in [-0.4, -0.2) is 91.4 Å². The number of hydrazine groups is 1. The third kappa shape index (κ3) is 3.93. The molecule has 7 heteroatoms. The summed E-state index contributed by atoms with van der Waals surface area (Å²) in [6.07, 6.45) is -0.284. The maximum atomic E-state index is 13.6. The number of benzene rings is 1. The zero-order valence-electron chi connectivity index (χ0n) is 15.4. The number of rotatable bonds is 4. The fraction of sp³-hybridized carbons (Fsp3) is 0.684. The van der Waals surface area contributed by atoms with Crippen LogP contribution in [0.25, 0.3) is 0 Å². The average Bonchev–Trinajstić information content (AvgIpc) is 3.22. The largest absolute Gasteiger partial charge is 0.390 e. The number of hydrogen-bond donors (Lipinski definition) is 3. The molecule has 0 saturated carbocycles. The third-order valence-corrected chi connectivity index (χ3v) is 6.14. The second kappa shape index (κ2) is 7.88. The molecule has 1 aromatic rings. The third-order valence-electron chi connectivity index (χ3n) is 6.14. The molecule has 3 N–H and O–H groups in total. The first-order valence-corrected chi connectivity index (χ1v) is 9.67. The second-order valence-electron chi connectivity index (χ2n) is 8.01. The van der Waals surface area contributed by atoms with Gasteiger partial charge < -0.3 is 10.0 Å². The highest BCUT2D eigenvalue weighted by Crippen LogP contribution is 2.28. The van der Waals surface area contributed by atoms with E-state index in [1.807, 2.05) is 6.07 Å². The van der Waals surface area contributed by atoms with Crippen molar-refractivity contribution in [1.29, 1.82) is 0 Å².